The van der Waals surface area contributed by atoms with Gasteiger partial charge in [0.25, 0.3) is 0 Å². The molecule has 0 unspecified atom stereocenters. The summed E-state index contributed by atoms with van der Waals surface area (Å²) in [5.41, 5.74) is 0.985. The van der Waals surface area contributed by atoms with E-state index in [0.717, 1.165) is 70.3 Å². The van der Waals surface area contributed by atoms with Crippen molar-refractivity contribution in [3.8, 4) is 0 Å². The van der Waals surface area contributed by atoms with Crippen LogP contribution in [0.5, 0.6) is 0 Å². The largest absolute Gasteiger partial charge is 0.381 e. The molecule has 7 heteroatoms. The van der Waals surface area contributed by atoms with Crippen LogP contribution in [0.25, 0.3) is 0 Å². The van der Waals surface area contributed by atoms with Gasteiger partial charge in [-0.2, -0.15) is 0 Å². The molecule has 2 rings (SSSR count). The van der Waals surface area contributed by atoms with Crippen molar-refractivity contribution in [2.45, 2.75) is 32.7 Å². The van der Waals surface area contributed by atoms with E-state index in [-0.39, 0.29) is 29.8 Å². The summed E-state index contributed by atoms with van der Waals surface area (Å²) >= 11 is 0. The van der Waals surface area contributed by atoms with E-state index in [1.54, 1.807) is 12.1 Å². The molecule has 0 aliphatic carbocycles. The number of halogens is 2. The van der Waals surface area contributed by atoms with E-state index < -0.39 is 0 Å². The molecular weight excluding hydrogens is 448 g/mol. The Morgan fingerprint density at radius 3 is 2.65 bits per heavy atom. The average molecular weight is 479 g/mol. The molecule has 1 aliphatic rings. The number of ether oxygens (including phenoxy) is 2. The topological polar surface area (TPSA) is 54.9 Å². The third kappa shape index (κ3) is 9.68. The van der Waals surface area contributed by atoms with E-state index >= 15 is 0 Å². The van der Waals surface area contributed by atoms with Gasteiger partial charge in [0.15, 0.2) is 5.96 Å². The smallest absolute Gasteiger partial charge is 0.191 e. The highest BCUT2D eigenvalue weighted by molar-refractivity contribution is 14.0. The minimum absolute atomic E-state index is 0. The fraction of sp³-hybridized carbons (Fsp3) is 0.632. The quantitative estimate of drug-likeness (QED) is 0.247. The van der Waals surface area contributed by atoms with Crippen molar-refractivity contribution in [2.75, 3.05) is 39.5 Å². The molecule has 0 amide bonds. The summed E-state index contributed by atoms with van der Waals surface area (Å²) in [5.74, 6) is 1.20. The van der Waals surface area contributed by atoms with Crippen molar-refractivity contribution >= 4 is 29.9 Å². The molecule has 1 saturated heterocycles. The van der Waals surface area contributed by atoms with Crippen LogP contribution in [0.4, 0.5) is 4.39 Å². The average Bonchev–Trinajstić information content (AvgIpc) is 2.64. The standard InChI is InChI=1S/C19H30FN3O2.HI/c1-2-21-19(23-14-16-4-6-18(20)7-5-16)22-10-3-11-25-15-17-8-12-24-13-9-17;/h4-7,17H,2-3,8-15H2,1H3,(H2,21,22,23);1H. The first-order chi connectivity index (χ1) is 12.3. The molecule has 26 heavy (non-hydrogen) atoms. The second-order valence-corrected chi connectivity index (χ2v) is 6.23. The van der Waals surface area contributed by atoms with Gasteiger partial charge in [0.05, 0.1) is 6.54 Å². The van der Waals surface area contributed by atoms with Gasteiger partial charge in [-0.25, -0.2) is 9.38 Å². The number of rotatable bonds is 9. The highest BCUT2D eigenvalue weighted by Crippen LogP contribution is 2.14. The van der Waals surface area contributed by atoms with Crippen LogP contribution in [0.2, 0.25) is 0 Å². The zero-order valence-electron chi connectivity index (χ0n) is 15.5. The summed E-state index contributed by atoms with van der Waals surface area (Å²) in [6.45, 7) is 7.49. The van der Waals surface area contributed by atoms with Crippen LogP contribution in [0.3, 0.4) is 0 Å². The second kappa shape index (κ2) is 14.2. The first-order valence-electron chi connectivity index (χ1n) is 9.20. The van der Waals surface area contributed by atoms with Crippen LogP contribution >= 0.6 is 24.0 Å². The monoisotopic (exact) mass is 479 g/mol. The number of nitrogens with zero attached hydrogens (tertiary/aromatic N) is 1. The lowest BCUT2D eigenvalue weighted by Crippen LogP contribution is -2.38. The van der Waals surface area contributed by atoms with E-state index in [4.69, 9.17) is 9.47 Å². The van der Waals surface area contributed by atoms with E-state index in [0.29, 0.717) is 12.5 Å². The predicted molar refractivity (Wildman–Crippen MR) is 114 cm³/mol. The third-order valence-corrected chi connectivity index (χ3v) is 4.13. The van der Waals surface area contributed by atoms with Crippen molar-refractivity contribution < 1.29 is 13.9 Å². The summed E-state index contributed by atoms with van der Waals surface area (Å²) in [6.07, 6.45) is 3.15. The molecule has 0 spiro atoms. The van der Waals surface area contributed by atoms with Crippen molar-refractivity contribution in [3.05, 3.63) is 35.6 Å². The van der Waals surface area contributed by atoms with Crippen LogP contribution in [0.1, 0.15) is 31.7 Å². The fourth-order valence-electron chi connectivity index (χ4n) is 2.65. The SMILES string of the molecule is CCNC(=NCc1ccc(F)cc1)NCCCOCC1CCOCC1.I. The van der Waals surface area contributed by atoms with Gasteiger partial charge in [-0.3, -0.25) is 0 Å². The number of aliphatic imine (C=N–C) groups is 1. The van der Waals surface area contributed by atoms with Crippen molar-refractivity contribution in [3.63, 3.8) is 0 Å². The molecule has 1 aromatic rings. The summed E-state index contributed by atoms with van der Waals surface area (Å²) < 4.78 is 24.0. The Morgan fingerprint density at radius 1 is 1.23 bits per heavy atom. The van der Waals surface area contributed by atoms with Gasteiger partial charge in [0, 0.05) is 39.5 Å². The normalized spacial score (nSPS) is 15.4. The summed E-state index contributed by atoms with van der Waals surface area (Å²) in [4.78, 5) is 4.52. The molecule has 2 N–H and O–H groups in total. The van der Waals surface area contributed by atoms with E-state index in [2.05, 4.69) is 15.6 Å². The predicted octanol–water partition coefficient (Wildman–Crippen LogP) is 3.33. The van der Waals surface area contributed by atoms with Gasteiger partial charge >= 0.3 is 0 Å². The van der Waals surface area contributed by atoms with Gasteiger partial charge in [0.2, 0.25) is 0 Å². The van der Waals surface area contributed by atoms with Gasteiger partial charge in [0.1, 0.15) is 5.82 Å². The highest BCUT2D eigenvalue weighted by atomic mass is 127. The van der Waals surface area contributed by atoms with Gasteiger partial charge < -0.3 is 20.1 Å². The molecular formula is C19H31FIN3O2. The van der Waals surface area contributed by atoms with Crippen LogP contribution in [0.15, 0.2) is 29.3 Å². The molecule has 1 aromatic carbocycles. The maximum absolute atomic E-state index is 12.9. The lowest BCUT2D eigenvalue weighted by Gasteiger charge is -2.21. The Bertz CT molecular complexity index is 508. The first kappa shape index (κ1) is 23.1. The highest BCUT2D eigenvalue weighted by Gasteiger charge is 2.13. The van der Waals surface area contributed by atoms with E-state index in [1.165, 1.54) is 12.1 Å². The number of hydrogen-bond donors (Lipinski definition) is 2. The lowest BCUT2D eigenvalue weighted by molar-refractivity contribution is 0.0203. The van der Waals surface area contributed by atoms with Crippen molar-refractivity contribution in [1.82, 2.24) is 10.6 Å². The summed E-state index contributed by atoms with van der Waals surface area (Å²) in [5, 5.41) is 6.52. The van der Waals surface area contributed by atoms with E-state index in [9.17, 15) is 4.39 Å². The number of guanidine groups is 1. The fourth-order valence-corrected chi connectivity index (χ4v) is 2.65. The first-order valence-corrected chi connectivity index (χ1v) is 9.20. The summed E-state index contributed by atoms with van der Waals surface area (Å²) in [6, 6.07) is 6.43. The van der Waals surface area contributed by atoms with Crippen molar-refractivity contribution in [1.29, 1.82) is 0 Å². The molecule has 0 radical (unpaired) electrons. The Balaban J connectivity index is 0.00000338. The van der Waals surface area contributed by atoms with Crippen LogP contribution < -0.4 is 10.6 Å². The number of hydrogen-bond acceptors (Lipinski definition) is 3. The van der Waals surface area contributed by atoms with Crippen LogP contribution in [-0.2, 0) is 16.0 Å². The molecule has 1 aliphatic heterocycles. The molecule has 0 saturated carbocycles. The lowest BCUT2D eigenvalue weighted by atomic mass is 10.0. The number of nitrogens with one attached hydrogen (secondary N) is 2. The second-order valence-electron chi connectivity index (χ2n) is 6.23. The molecule has 148 valence electrons. The molecule has 0 bridgehead atoms. The molecule has 5 nitrogen and oxygen atoms in total. The Morgan fingerprint density at radius 2 is 1.96 bits per heavy atom. The zero-order chi connectivity index (χ0) is 17.7. The maximum Gasteiger partial charge on any atom is 0.191 e. The molecule has 0 aromatic heterocycles. The van der Waals surface area contributed by atoms with Gasteiger partial charge in [-0.1, -0.05) is 12.1 Å². The molecule has 1 heterocycles. The Hall–Kier alpha value is -0.930. The minimum atomic E-state index is -0.224. The van der Waals surface area contributed by atoms with Crippen molar-refractivity contribution in [2.24, 2.45) is 10.9 Å². The summed E-state index contributed by atoms with van der Waals surface area (Å²) in [7, 11) is 0. The molecule has 1 fully saturated rings. The Labute approximate surface area is 173 Å². The molecule has 0 atom stereocenters. The third-order valence-electron chi connectivity index (χ3n) is 4.13. The maximum atomic E-state index is 12.9. The van der Waals surface area contributed by atoms with Crippen LogP contribution in [-0.4, -0.2) is 45.5 Å². The number of benzene rings is 1. The zero-order valence-corrected chi connectivity index (χ0v) is 17.8. The van der Waals surface area contributed by atoms with Gasteiger partial charge in [-0.05, 0) is 49.8 Å². The minimum Gasteiger partial charge on any atom is -0.381 e. The van der Waals surface area contributed by atoms with E-state index in [1.807, 2.05) is 6.92 Å². The Kier molecular flexibility index (Phi) is 12.6. The van der Waals surface area contributed by atoms with Crippen LogP contribution in [0, 0.1) is 11.7 Å². The van der Waals surface area contributed by atoms with Gasteiger partial charge in [-0.15, -0.1) is 24.0 Å².